The van der Waals surface area contributed by atoms with Gasteiger partial charge in [0.05, 0.1) is 12.7 Å². The zero-order chi connectivity index (χ0) is 14.6. The Kier molecular flexibility index (Phi) is 2.30. The first-order chi connectivity index (χ1) is 10.1. The predicted molar refractivity (Wildman–Crippen MR) is 64.4 cm³/mol. The van der Waals surface area contributed by atoms with E-state index in [1.54, 1.807) is 0 Å². The molecule has 2 bridgehead atoms. The molecule has 1 aromatic rings. The Morgan fingerprint density at radius 1 is 1.33 bits per heavy atom. The van der Waals surface area contributed by atoms with Crippen LogP contribution in [0.5, 0.6) is 0 Å². The molecule has 3 aliphatic heterocycles. The average Bonchev–Trinajstić information content (AvgIpc) is 2.81. The Bertz CT molecular complexity index is 642. The highest BCUT2D eigenvalue weighted by Crippen LogP contribution is 2.48. The van der Waals surface area contributed by atoms with Crippen molar-refractivity contribution in [1.29, 1.82) is 0 Å². The van der Waals surface area contributed by atoms with Crippen LogP contribution >= 0.6 is 0 Å². The molecule has 1 N–H and O–H groups in total. The molecule has 108 valence electrons. The minimum absolute atomic E-state index is 0.201. The summed E-state index contributed by atoms with van der Waals surface area (Å²) in [5.74, 6) is -0.887. The summed E-state index contributed by atoms with van der Waals surface area (Å²) < 4.78 is 5.26. The first-order valence-corrected chi connectivity index (χ1v) is 6.56. The van der Waals surface area contributed by atoms with Crippen LogP contribution in [0.25, 0.3) is 0 Å². The summed E-state index contributed by atoms with van der Waals surface area (Å²) in [6.45, 7) is 0.202. The van der Waals surface area contributed by atoms with Crippen molar-refractivity contribution in [2.45, 2.75) is 24.5 Å². The Morgan fingerprint density at radius 2 is 2.14 bits per heavy atom. The average molecular weight is 289 g/mol. The summed E-state index contributed by atoms with van der Waals surface area (Å²) >= 11 is 0. The molecule has 9 heteroatoms. The molecule has 1 saturated carbocycles. The fraction of sp³-hybridized carbons (Fsp3) is 0.500. The maximum atomic E-state index is 12.1. The lowest BCUT2D eigenvalue weighted by molar-refractivity contribution is -0.159. The van der Waals surface area contributed by atoms with Crippen LogP contribution in [-0.4, -0.2) is 50.1 Å². The van der Waals surface area contributed by atoms with E-state index in [-0.39, 0.29) is 18.4 Å². The van der Waals surface area contributed by atoms with E-state index >= 15 is 0 Å². The first-order valence-electron chi connectivity index (χ1n) is 6.56. The lowest BCUT2D eigenvalue weighted by Crippen LogP contribution is -2.73. The largest absolute Gasteiger partial charge is 0.437 e. The summed E-state index contributed by atoms with van der Waals surface area (Å²) in [4.78, 5) is 40.9. The van der Waals surface area contributed by atoms with Crippen LogP contribution in [0.4, 0.5) is 4.79 Å². The van der Waals surface area contributed by atoms with Crippen molar-refractivity contribution >= 4 is 17.9 Å². The Labute approximate surface area is 118 Å². The highest BCUT2D eigenvalue weighted by atomic mass is 16.6. The zero-order valence-electron chi connectivity index (χ0n) is 10.9. The van der Waals surface area contributed by atoms with Crippen molar-refractivity contribution in [1.82, 2.24) is 25.4 Å². The van der Waals surface area contributed by atoms with Crippen LogP contribution in [0.3, 0.4) is 0 Å². The molecule has 4 heterocycles. The van der Waals surface area contributed by atoms with Gasteiger partial charge in [0.25, 0.3) is 5.91 Å². The summed E-state index contributed by atoms with van der Waals surface area (Å²) in [5, 5.41) is 9.82. The minimum Gasteiger partial charge on any atom is -0.437 e. The van der Waals surface area contributed by atoms with Gasteiger partial charge in [-0.25, -0.2) is 9.78 Å². The van der Waals surface area contributed by atoms with Gasteiger partial charge in [-0.3, -0.25) is 19.8 Å². The number of carbonyl (C=O) groups is 3. The molecule has 5 rings (SSSR count). The molecule has 1 unspecified atom stereocenters. The molecule has 21 heavy (non-hydrogen) atoms. The number of hydrogen-bond acceptors (Lipinski definition) is 7. The number of rotatable bonds is 2. The number of imide groups is 1. The number of amides is 3. The minimum atomic E-state index is -0.958. The van der Waals surface area contributed by atoms with Gasteiger partial charge >= 0.3 is 6.09 Å². The molecule has 4 aliphatic rings. The lowest BCUT2D eigenvalue weighted by atomic mass is 9.63. The van der Waals surface area contributed by atoms with Crippen LogP contribution in [-0.2, 0) is 14.3 Å². The third-order valence-corrected chi connectivity index (χ3v) is 4.36. The topological polar surface area (TPSA) is 114 Å². The van der Waals surface area contributed by atoms with Gasteiger partial charge in [-0.05, 0) is 12.8 Å². The maximum Gasteiger partial charge on any atom is 0.411 e. The standard InChI is InChI=1S/C12H11N5O4/c18-9-6-1-12(2-6,10(19)15-9)17-4-8(21-11(17)20)7-3-13-5-14-16-7/h3,5-6,8H,1-2,4H2,(H,15,18,19). The van der Waals surface area contributed by atoms with Crippen LogP contribution in [0.1, 0.15) is 24.6 Å². The predicted octanol–water partition coefficient (Wildman–Crippen LogP) is -0.830. The molecule has 1 atom stereocenters. The Hall–Kier alpha value is -2.58. The molecular formula is C12H11N5O4. The van der Waals surface area contributed by atoms with Crippen molar-refractivity contribution in [2.24, 2.45) is 5.92 Å². The van der Waals surface area contributed by atoms with Crippen LogP contribution in [0.15, 0.2) is 12.5 Å². The summed E-state index contributed by atoms with van der Waals surface area (Å²) in [5.41, 5.74) is -0.520. The van der Waals surface area contributed by atoms with Crippen LogP contribution < -0.4 is 5.32 Å². The second-order valence-electron chi connectivity index (χ2n) is 5.47. The summed E-state index contributed by atoms with van der Waals surface area (Å²) in [6, 6.07) is 0. The van der Waals surface area contributed by atoms with Gasteiger partial charge in [0.15, 0.2) is 6.10 Å². The number of piperidine rings is 2. The number of cyclic esters (lactones) is 1. The second kappa shape index (κ2) is 3.96. The molecule has 4 fully saturated rings. The zero-order valence-corrected chi connectivity index (χ0v) is 10.9. The van der Waals surface area contributed by atoms with E-state index in [9.17, 15) is 14.4 Å². The summed E-state index contributed by atoms with van der Waals surface area (Å²) in [7, 11) is 0. The molecular weight excluding hydrogens is 278 g/mol. The number of carbonyl (C=O) groups excluding carboxylic acids is 3. The highest BCUT2D eigenvalue weighted by molar-refractivity contribution is 6.08. The van der Waals surface area contributed by atoms with Crippen molar-refractivity contribution in [3.63, 3.8) is 0 Å². The van der Waals surface area contributed by atoms with E-state index < -0.39 is 23.6 Å². The van der Waals surface area contributed by atoms with Gasteiger partial charge in [0.1, 0.15) is 17.6 Å². The Morgan fingerprint density at radius 3 is 2.81 bits per heavy atom. The van der Waals surface area contributed by atoms with E-state index in [0.29, 0.717) is 18.5 Å². The molecule has 0 aromatic carbocycles. The third kappa shape index (κ3) is 1.57. The van der Waals surface area contributed by atoms with E-state index in [4.69, 9.17) is 4.74 Å². The van der Waals surface area contributed by atoms with Crippen molar-refractivity contribution in [3.05, 3.63) is 18.2 Å². The number of fused-ring (bicyclic) bond motifs is 2. The van der Waals surface area contributed by atoms with E-state index in [2.05, 4.69) is 20.5 Å². The summed E-state index contributed by atoms with van der Waals surface area (Å²) in [6.07, 6.45) is 2.30. The molecule has 1 aliphatic carbocycles. The maximum absolute atomic E-state index is 12.1. The number of hydrogen-bond donors (Lipinski definition) is 1. The van der Waals surface area contributed by atoms with Gasteiger partial charge in [0.2, 0.25) is 5.91 Å². The lowest BCUT2D eigenvalue weighted by Gasteiger charge is -2.52. The van der Waals surface area contributed by atoms with Gasteiger partial charge in [-0.1, -0.05) is 0 Å². The SMILES string of the molecule is O=C1NC(=O)C2(N3CC(c4cncnn4)OC3=O)CC1C2. The normalized spacial score (nSPS) is 34.3. The third-order valence-electron chi connectivity index (χ3n) is 4.36. The van der Waals surface area contributed by atoms with Gasteiger partial charge in [-0.15, -0.1) is 10.2 Å². The van der Waals surface area contributed by atoms with Gasteiger partial charge < -0.3 is 4.74 Å². The number of aromatic nitrogens is 3. The fourth-order valence-corrected chi connectivity index (χ4v) is 3.17. The van der Waals surface area contributed by atoms with Crippen LogP contribution in [0.2, 0.25) is 0 Å². The number of nitrogens with zero attached hydrogens (tertiary/aromatic N) is 4. The quantitative estimate of drug-likeness (QED) is 0.706. The molecule has 9 nitrogen and oxygen atoms in total. The molecule has 0 radical (unpaired) electrons. The first kappa shape index (κ1) is 12.2. The molecule has 3 amide bonds. The van der Waals surface area contributed by atoms with Crippen molar-refractivity contribution < 1.29 is 19.1 Å². The van der Waals surface area contributed by atoms with E-state index in [0.717, 1.165) is 0 Å². The van der Waals surface area contributed by atoms with Crippen molar-refractivity contribution in [2.75, 3.05) is 6.54 Å². The second-order valence-corrected chi connectivity index (χ2v) is 5.47. The molecule has 1 aromatic heterocycles. The fourth-order valence-electron chi connectivity index (χ4n) is 3.17. The monoisotopic (exact) mass is 289 g/mol. The van der Waals surface area contributed by atoms with Gasteiger partial charge in [0, 0.05) is 5.92 Å². The van der Waals surface area contributed by atoms with E-state index in [1.165, 1.54) is 17.4 Å². The number of nitrogens with one attached hydrogen (secondary N) is 1. The van der Waals surface area contributed by atoms with E-state index in [1.807, 2.05) is 0 Å². The van der Waals surface area contributed by atoms with Gasteiger partial charge in [-0.2, -0.15) is 0 Å². The smallest absolute Gasteiger partial charge is 0.411 e. The van der Waals surface area contributed by atoms with Crippen LogP contribution in [0, 0.1) is 5.92 Å². The van der Waals surface area contributed by atoms with Crippen molar-refractivity contribution in [3.8, 4) is 0 Å². The Balaban J connectivity index is 1.59. The molecule has 0 spiro atoms. The molecule has 3 saturated heterocycles. The number of ether oxygens (including phenoxy) is 1. The highest BCUT2D eigenvalue weighted by Gasteiger charge is 2.64.